The minimum Gasteiger partial charge on any atom is -0.338 e. The molecule has 2 saturated carbocycles. The Balaban J connectivity index is 1.28. The van der Waals surface area contributed by atoms with Crippen LogP contribution in [0.15, 0.2) is 54.6 Å². The van der Waals surface area contributed by atoms with Gasteiger partial charge in [-0.3, -0.25) is 9.59 Å². The van der Waals surface area contributed by atoms with Crippen molar-refractivity contribution in [3.63, 3.8) is 0 Å². The maximum absolute atomic E-state index is 14.2. The summed E-state index contributed by atoms with van der Waals surface area (Å²) in [7, 11) is 0. The summed E-state index contributed by atoms with van der Waals surface area (Å²) < 4.78 is 2.14. The minimum atomic E-state index is -0.00998. The van der Waals surface area contributed by atoms with Crippen LogP contribution in [0, 0.1) is 0 Å². The predicted molar refractivity (Wildman–Crippen MR) is 150 cm³/mol. The first-order valence-corrected chi connectivity index (χ1v) is 14.8. The van der Waals surface area contributed by atoms with E-state index in [1.807, 2.05) is 41.3 Å². The van der Waals surface area contributed by atoms with Gasteiger partial charge in [0, 0.05) is 37.5 Å². The number of benzene rings is 2. The second kappa shape index (κ2) is 11.3. The highest BCUT2D eigenvalue weighted by molar-refractivity contribution is 5.83. The number of imidazole rings is 1. The lowest BCUT2D eigenvalue weighted by molar-refractivity contribution is -0.138. The van der Waals surface area contributed by atoms with Gasteiger partial charge in [0.15, 0.2) is 0 Å². The third-order valence-electron chi connectivity index (χ3n) is 9.00. The standard InChI is InChI=1S/C32H40N4O2/c37-30-20-25(22-34(30)21-24-12-4-1-5-13-24)32-33-28-18-10-11-19-29(28)35(32)23-31(38)36(26-14-6-2-7-15-26)27-16-8-3-9-17-27/h1,4-5,10-13,18-19,25-27H,2-3,6-9,14-17,20-23H2. The molecule has 6 heteroatoms. The van der Waals surface area contributed by atoms with E-state index in [9.17, 15) is 9.59 Å². The molecule has 1 saturated heterocycles. The topological polar surface area (TPSA) is 58.4 Å². The van der Waals surface area contributed by atoms with Crippen LogP contribution in [-0.4, -0.2) is 49.8 Å². The van der Waals surface area contributed by atoms with E-state index >= 15 is 0 Å². The monoisotopic (exact) mass is 512 g/mol. The van der Waals surface area contributed by atoms with Crippen LogP contribution in [0.5, 0.6) is 0 Å². The molecule has 2 heterocycles. The van der Waals surface area contributed by atoms with Crippen molar-refractivity contribution in [1.29, 1.82) is 0 Å². The second-order valence-corrected chi connectivity index (χ2v) is 11.6. The molecule has 38 heavy (non-hydrogen) atoms. The number of nitrogens with zero attached hydrogens (tertiary/aromatic N) is 4. The van der Waals surface area contributed by atoms with Crippen molar-refractivity contribution in [3.05, 3.63) is 66.0 Å². The molecule has 0 N–H and O–H groups in total. The lowest BCUT2D eigenvalue weighted by Gasteiger charge is -2.42. The van der Waals surface area contributed by atoms with E-state index in [0.717, 1.165) is 48.1 Å². The fourth-order valence-electron chi connectivity index (χ4n) is 7.11. The molecule has 2 aromatic carbocycles. The summed E-state index contributed by atoms with van der Waals surface area (Å²) in [5.41, 5.74) is 3.05. The number of fused-ring (bicyclic) bond motifs is 1. The molecule has 1 aliphatic heterocycles. The zero-order valence-electron chi connectivity index (χ0n) is 22.4. The van der Waals surface area contributed by atoms with Crippen molar-refractivity contribution in [2.45, 2.75) is 102 Å². The quantitative estimate of drug-likeness (QED) is 0.387. The molecule has 200 valence electrons. The van der Waals surface area contributed by atoms with Gasteiger partial charge in [0.25, 0.3) is 0 Å². The minimum absolute atomic E-state index is 0.00998. The number of hydrogen-bond donors (Lipinski definition) is 0. The largest absolute Gasteiger partial charge is 0.338 e. The number of carbonyl (C=O) groups excluding carboxylic acids is 2. The number of amides is 2. The van der Waals surface area contributed by atoms with Gasteiger partial charge >= 0.3 is 0 Å². The summed E-state index contributed by atoms with van der Waals surface area (Å²) in [6.07, 6.45) is 12.4. The molecule has 3 aliphatic rings. The average molecular weight is 513 g/mol. The maximum atomic E-state index is 14.2. The van der Waals surface area contributed by atoms with Crippen molar-refractivity contribution in [3.8, 4) is 0 Å². The van der Waals surface area contributed by atoms with Gasteiger partial charge in [-0.25, -0.2) is 4.98 Å². The Labute approximate surface area is 226 Å². The number of para-hydroxylation sites is 2. The summed E-state index contributed by atoms with van der Waals surface area (Å²) in [6, 6.07) is 19.0. The van der Waals surface area contributed by atoms with Gasteiger partial charge in [-0.05, 0) is 43.4 Å². The lowest BCUT2D eigenvalue weighted by atomic mass is 9.88. The fourth-order valence-corrected chi connectivity index (χ4v) is 7.11. The van der Waals surface area contributed by atoms with Crippen molar-refractivity contribution >= 4 is 22.8 Å². The molecule has 2 amide bonds. The maximum Gasteiger partial charge on any atom is 0.243 e. The van der Waals surface area contributed by atoms with Gasteiger partial charge in [-0.2, -0.15) is 0 Å². The molecule has 1 unspecified atom stereocenters. The number of rotatable bonds is 7. The molecule has 6 rings (SSSR count). The van der Waals surface area contributed by atoms with E-state index in [0.29, 0.717) is 38.1 Å². The summed E-state index contributed by atoms with van der Waals surface area (Å²) in [6.45, 7) is 1.57. The number of carbonyl (C=O) groups is 2. The normalized spacial score (nSPS) is 21.3. The lowest BCUT2D eigenvalue weighted by Crippen LogP contribution is -2.50. The molecule has 0 bridgehead atoms. The van der Waals surface area contributed by atoms with E-state index in [2.05, 4.69) is 27.7 Å². The van der Waals surface area contributed by atoms with Crippen LogP contribution in [-0.2, 0) is 22.7 Å². The Bertz CT molecular complexity index is 1240. The van der Waals surface area contributed by atoms with E-state index < -0.39 is 0 Å². The van der Waals surface area contributed by atoms with Crippen LogP contribution in [0.25, 0.3) is 11.0 Å². The Morgan fingerprint density at radius 2 is 1.47 bits per heavy atom. The zero-order chi connectivity index (χ0) is 25.9. The third-order valence-corrected chi connectivity index (χ3v) is 9.00. The molecular weight excluding hydrogens is 472 g/mol. The van der Waals surface area contributed by atoms with Crippen molar-refractivity contribution in [2.75, 3.05) is 6.54 Å². The summed E-state index contributed by atoms with van der Waals surface area (Å²) in [5.74, 6) is 1.27. The Morgan fingerprint density at radius 3 is 2.16 bits per heavy atom. The highest BCUT2D eigenvalue weighted by Crippen LogP contribution is 2.33. The van der Waals surface area contributed by atoms with E-state index in [-0.39, 0.29) is 17.7 Å². The van der Waals surface area contributed by atoms with Crippen molar-refractivity contribution in [2.24, 2.45) is 0 Å². The molecule has 3 aromatic rings. The molecule has 3 fully saturated rings. The van der Waals surface area contributed by atoms with Crippen LogP contribution in [0.3, 0.4) is 0 Å². The first-order chi connectivity index (χ1) is 18.7. The number of hydrogen-bond acceptors (Lipinski definition) is 3. The molecule has 1 aromatic heterocycles. The van der Waals surface area contributed by atoms with Gasteiger partial charge in [0.05, 0.1) is 11.0 Å². The smallest absolute Gasteiger partial charge is 0.243 e. The molecule has 6 nitrogen and oxygen atoms in total. The highest BCUT2D eigenvalue weighted by Gasteiger charge is 2.36. The molecule has 0 spiro atoms. The van der Waals surface area contributed by atoms with Gasteiger partial charge in [0.1, 0.15) is 12.4 Å². The first kappa shape index (κ1) is 25.1. The first-order valence-electron chi connectivity index (χ1n) is 14.8. The predicted octanol–water partition coefficient (Wildman–Crippen LogP) is 6.05. The van der Waals surface area contributed by atoms with Gasteiger partial charge in [0.2, 0.25) is 11.8 Å². The number of likely N-dealkylation sites (tertiary alicyclic amines) is 1. The van der Waals surface area contributed by atoms with Crippen LogP contribution in [0.2, 0.25) is 0 Å². The van der Waals surface area contributed by atoms with Crippen LogP contribution in [0.1, 0.15) is 87.9 Å². The third kappa shape index (κ3) is 5.23. The molecule has 2 aliphatic carbocycles. The summed E-state index contributed by atoms with van der Waals surface area (Å²) >= 11 is 0. The molecular formula is C32H40N4O2. The second-order valence-electron chi connectivity index (χ2n) is 11.6. The Kier molecular flexibility index (Phi) is 7.48. The van der Waals surface area contributed by atoms with Gasteiger partial charge in [-0.1, -0.05) is 81.0 Å². The summed E-state index contributed by atoms with van der Waals surface area (Å²) in [5, 5.41) is 0. The Hall–Kier alpha value is -3.15. The SMILES string of the molecule is O=C1CC(c2nc3ccccc3n2CC(=O)N(C2CCCCC2)C2CCCCC2)CN1Cc1ccccc1. The van der Waals surface area contributed by atoms with Gasteiger partial charge in [-0.15, -0.1) is 0 Å². The highest BCUT2D eigenvalue weighted by atomic mass is 16.2. The van der Waals surface area contributed by atoms with Crippen LogP contribution >= 0.6 is 0 Å². The molecule has 1 atom stereocenters. The van der Waals surface area contributed by atoms with E-state index in [1.54, 1.807) is 0 Å². The van der Waals surface area contributed by atoms with Crippen LogP contribution in [0.4, 0.5) is 0 Å². The van der Waals surface area contributed by atoms with Crippen molar-refractivity contribution in [1.82, 2.24) is 19.4 Å². The fraction of sp³-hybridized carbons (Fsp3) is 0.531. The number of aromatic nitrogens is 2. The van der Waals surface area contributed by atoms with E-state index in [4.69, 9.17) is 4.98 Å². The summed E-state index contributed by atoms with van der Waals surface area (Å²) in [4.78, 5) is 36.5. The van der Waals surface area contributed by atoms with Crippen LogP contribution < -0.4 is 0 Å². The van der Waals surface area contributed by atoms with Crippen molar-refractivity contribution < 1.29 is 9.59 Å². The molecule has 0 radical (unpaired) electrons. The van der Waals surface area contributed by atoms with E-state index in [1.165, 1.54) is 38.5 Å². The zero-order valence-corrected chi connectivity index (χ0v) is 22.4. The van der Waals surface area contributed by atoms with Gasteiger partial charge < -0.3 is 14.4 Å². The average Bonchev–Trinajstić information content (AvgIpc) is 3.50. The Morgan fingerprint density at radius 1 is 0.842 bits per heavy atom.